The van der Waals surface area contributed by atoms with Crippen molar-refractivity contribution in [1.82, 2.24) is 0 Å². The van der Waals surface area contributed by atoms with Crippen molar-refractivity contribution in [2.45, 2.75) is 85.0 Å². The van der Waals surface area contributed by atoms with Crippen molar-refractivity contribution in [3.63, 3.8) is 0 Å². The van der Waals surface area contributed by atoms with Gasteiger partial charge in [0.1, 0.15) is 0 Å². The fourth-order valence-corrected chi connectivity index (χ4v) is 3.90. The first kappa shape index (κ1) is 36.1. The molecule has 1 aliphatic rings. The molecule has 0 saturated heterocycles. The van der Waals surface area contributed by atoms with E-state index >= 15 is 0 Å². The van der Waals surface area contributed by atoms with E-state index in [-0.39, 0.29) is 61.5 Å². The van der Waals surface area contributed by atoms with Crippen LogP contribution in [0.3, 0.4) is 0 Å². The molecule has 0 unspecified atom stereocenters. The van der Waals surface area contributed by atoms with Crippen molar-refractivity contribution in [3.8, 4) is 11.1 Å². The molecule has 4 rings (SSSR count). The topological polar surface area (TPSA) is 0 Å². The van der Waals surface area contributed by atoms with Gasteiger partial charge in [0, 0.05) is 0 Å². The standard InChI is InChI=1S/C21H25.C9H13.C2H4.2ClH.Hf/c1-20(2,3)16-7-9-18-14(12-16)11-15-13-17(21(4,5)6)8-10-19(15)18;1-9(2,3)8-6-4-5-7-8;1-2;;;/h7-10,12H,11H2,1-6H3;4-7H,1-3H3;1-2H2;2*1H;/q2*-1;;;;+4/p-2. The number of halogens is 2. The molecule has 3 aromatic rings. The van der Waals surface area contributed by atoms with Gasteiger partial charge in [-0.25, -0.2) is 6.07 Å². The fourth-order valence-electron chi connectivity index (χ4n) is 3.90. The predicted octanol–water partition coefficient (Wildman–Crippen LogP) is 3.16. The first-order valence-electron chi connectivity index (χ1n) is 11.7. The van der Waals surface area contributed by atoms with Crippen molar-refractivity contribution < 1.29 is 50.7 Å². The average Bonchev–Trinajstić information content (AvgIpc) is 3.35. The first-order valence-corrected chi connectivity index (χ1v) is 11.7. The Balaban J connectivity index is 0. The summed E-state index contributed by atoms with van der Waals surface area (Å²) in [4.78, 5) is 0. The number of benzene rings is 2. The molecular weight excluding hydrogens is 634 g/mol. The van der Waals surface area contributed by atoms with Crippen molar-refractivity contribution >= 4 is 0 Å². The van der Waals surface area contributed by atoms with Crippen molar-refractivity contribution in [2.24, 2.45) is 0 Å². The van der Waals surface area contributed by atoms with E-state index in [0.29, 0.717) is 5.41 Å². The number of rotatable bonds is 0. The minimum atomic E-state index is 0. The van der Waals surface area contributed by atoms with Gasteiger partial charge in [0.2, 0.25) is 0 Å². The quantitative estimate of drug-likeness (QED) is 0.153. The monoisotopic (exact) mass is 676 g/mol. The van der Waals surface area contributed by atoms with Crippen LogP contribution < -0.4 is 24.8 Å². The SMILES string of the molecule is C=C.CC(C)(C)c1[c-]c2c(cc1)-c1ccc(C(C)(C)C)cc1C2.CC(C)(C)c1cc[cH-]c1.[Cl-].[Cl-].[Hf+4]. The van der Waals surface area contributed by atoms with Crippen LogP contribution in [0.4, 0.5) is 0 Å². The van der Waals surface area contributed by atoms with Gasteiger partial charge in [-0.1, -0.05) is 91.5 Å². The molecule has 0 aliphatic heterocycles. The Hall–Kier alpha value is -1.02. The molecule has 188 valence electrons. The van der Waals surface area contributed by atoms with Crippen LogP contribution in [0.25, 0.3) is 11.1 Å². The van der Waals surface area contributed by atoms with Crippen LogP contribution in [0.5, 0.6) is 0 Å². The smallest absolute Gasteiger partial charge is 1.00 e. The van der Waals surface area contributed by atoms with Gasteiger partial charge in [0.05, 0.1) is 0 Å². The molecule has 0 N–H and O–H groups in total. The third-order valence-corrected chi connectivity index (χ3v) is 5.99. The van der Waals surface area contributed by atoms with Crippen molar-refractivity contribution in [1.29, 1.82) is 0 Å². The zero-order chi connectivity index (χ0) is 24.3. The Bertz CT molecular complexity index is 965. The fraction of sp³-hybridized carbons (Fsp3) is 0.406. The van der Waals surface area contributed by atoms with Gasteiger partial charge in [-0.15, -0.1) is 24.3 Å². The third-order valence-electron chi connectivity index (χ3n) is 5.99. The van der Waals surface area contributed by atoms with E-state index in [4.69, 9.17) is 0 Å². The van der Waals surface area contributed by atoms with E-state index in [1.165, 1.54) is 38.9 Å². The maximum atomic E-state index is 3.67. The molecule has 0 heterocycles. The molecule has 0 spiro atoms. The molecule has 0 amide bonds. The van der Waals surface area contributed by atoms with E-state index in [1.807, 2.05) is 0 Å². The molecule has 1 aliphatic carbocycles. The van der Waals surface area contributed by atoms with Gasteiger partial charge >= 0.3 is 25.8 Å². The maximum absolute atomic E-state index is 3.67. The second-order valence-electron chi connectivity index (χ2n) is 11.7. The molecule has 0 aromatic heterocycles. The Kier molecular flexibility index (Phi) is 14.5. The minimum absolute atomic E-state index is 0. The molecule has 0 nitrogen and oxygen atoms in total. The number of hydrogen-bond donors (Lipinski definition) is 0. The Morgan fingerprint density at radius 1 is 0.714 bits per heavy atom. The molecule has 0 radical (unpaired) electrons. The summed E-state index contributed by atoms with van der Waals surface area (Å²) >= 11 is 0. The van der Waals surface area contributed by atoms with E-state index in [2.05, 4.69) is 136 Å². The van der Waals surface area contributed by atoms with Gasteiger partial charge in [-0.2, -0.15) is 47.5 Å². The molecule has 0 fully saturated rings. The van der Waals surface area contributed by atoms with Crippen LogP contribution >= 0.6 is 0 Å². The Morgan fingerprint density at radius 2 is 1.26 bits per heavy atom. The normalized spacial score (nSPS) is 11.6. The summed E-state index contributed by atoms with van der Waals surface area (Å²) < 4.78 is 0. The zero-order valence-electron chi connectivity index (χ0n) is 23.1. The molecule has 3 heteroatoms. The average molecular weight is 676 g/mol. The molecule has 0 atom stereocenters. The molecule has 0 saturated carbocycles. The van der Waals surface area contributed by atoms with E-state index in [0.717, 1.165) is 6.42 Å². The summed E-state index contributed by atoms with van der Waals surface area (Å²) in [6, 6.07) is 23.7. The molecule has 35 heavy (non-hydrogen) atoms. The van der Waals surface area contributed by atoms with E-state index in [1.54, 1.807) is 0 Å². The summed E-state index contributed by atoms with van der Waals surface area (Å²) in [6.45, 7) is 26.3. The Morgan fingerprint density at radius 3 is 1.69 bits per heavy atom. The Labute approximate surface area is 247 Å². The zero-order valence-corrected chi connectivity index (χ0v) is 28.2. The maximum Gasteiger partial charge on any atom is 4.00 e. The largest absolute Gasteiger partial charge is 4.00 e. The third kappa shape index (κ3) is 9.42. The van der Waals surface area contributed by atoms with Gasteiger partial charge in [0.25, 0.3) is 0 Å². The summed E-state index contributed by atoms with van der Waals surface area (Å²) in [5.74, 6) is 0. The van der Waals surface area contributed by atoms with Crippen LogP contribution in [0.2, 0.25) is 0 Å². The van der Waals surface area contributed by atoms with E-state index in [9.17, 15) is 0 Å². The first-order chi connectivity index (χ1) is 14.8. The van der Waals surface area contributed by atoms with Crippen molar-refractivity contribution in [2.75, 3.05) is 0 Å². The van der Waals surface area contributed by atoms with Gasteiger partial charge in [0.15, 0.2) is 0 Å². The van der Waals surface area contributed by atoms with Crippen LogP contribution in [-0.2, 0) is 48.5 Å². The molecule has 0 bridgehead atoms. The van der Waals surface area contributed by atoms with Gasteiger partial charge in [-0.05, 0) is 28.4 Å². The second kappa shape index (κ2) is 14.1. The second-order valence-corrected chi connectivity index (χ2v) is 11.7. The van der Waals surface area contributed by atoms with E-state index < -0.39 is 0 Å². The van der Waals surface area contributed by atoms with Crippen LogP contribution in [0.1, 0.15) is 90.1 Å². The predicted molar refractivity (Wildman–Crippen MR) is 143 cm³/mol. The van der Waals surface area contributed by atoms with Crippen LogP contribution in [0, 0.1) is 6.07 Å². The summed E-state index contributed by atoms with van der Waals surface area (Å²) in [5, 5.41) is 0. The van der Waals surface area contributed by atoms with Gasteiger partial charge < -0.3 is 24.8 Å². The minimum Gasteiger partial charge on any atom is -1.00 e. The summed E-state index contributed by atoms with van der Waals surface area (Å²) in [7, 11) is 0. The van der Waals surface area contributed by atoms with Gasteiger partial charge in [-0.3, -0.25) is 0 Å². The molecular formula is C32H42Cl2Hf. The van der Waals surface area contributed by atoms with Crippen molar-refractivity contribution in [3.05, 3.63) is 102 Å². The number of hydrogen-bond acceptors (Lipinski definition) is 0. The van der Waals surface area contributed by atoms with Crippen LogP contribution in [-0.4, -0.2) is 0 Å². The summed E-state index contributed by atoms with van der Waals surface area (Å²) in [5.41, 5.74) is 10.4. The number of fused-ring (bicyclic) bond motifs is 3. The summed E-state index contributed by atoms with van der Waals surface area (Å²) in [6.07, 6.45) is 1.03. The molecule has 3 aromatic carbocycles. The van der Waals surface area contributed by atoms with Crippen LogP contribution in [0.15, 0.2) is 67.8 Å².